The van der Waals surface area contributed by atoms with E-state index in [0.29, 0.717) is 0 Å². The van der Waals surface area contributed by atoms with Gasteiger partial charge in [-0.3, -0.25) is 19.7 Å². The Hall–Kier alpha value is -3.33. The Balaban J connectivity index is 2.20. The molecule has 0 bridgehead atoms. The highest BCUT2D eigenvalue weighted by molar-refractivity contribution is 6.44. The Morgan fingerprint density at radius 1 is 1.00 bits per heavy atom. The molecule has 2 N–H and O–H groups in total. The van der Waals surface area contributed by atoms with E-state index < -0.39 is 16.7 Å². The number of nitrogens with one attached hydrogen (secondary N) is 2. The highest BCUT2D eigenvalue weighted by Crippen LogP contribution is 2.35. The van der Waals surface area contributed by atoms with E-state index in [1.807, 2.05) is 0 Å². The third kappa shape index (κ3) is 4.19. The maximum atomic E-state index is 12.1. The van der Waals surface area contributed by atoms with Crippen LogP contribution in [0.15, 0.2) is 36.4 Å². The number of anilines is 2. The molecular weight excluding hydrogens is 366 g/mol. The number of carbonyl (C=O) groups excluding carboxylic acids is 2. The van der Waals surface area contributed by atoms with Gasteiger partial charge in [0.25, 0.3) is 5.69 Å². The lowest BCUT2D eigenvalue weighted by molar-refractivity contribution is -0.383. The molecule has 0 aliphatic heterocycles. The average Bonchev–Trinajstić information content (AvgIpc) is 2.62. The zero-order valence-electron chi connectivity index (χ0n) is 13.7. The normalized spacial score (nSPS) is 9.96. The summed E-state index contributed by atoms with van der Waals surface area (Å²) in [5, 5.41) is 15.8. The maximum absolute atomic E-state index is 12.1. The summed E-state index contributed by atoms with van der Waals surface area (Å²) < 4.78 is 10.1. The van der Waals surface area contributed by atoms with Gasteiger partial charge in [-0.1, -0.05) is 23.7 Å². The minimum atomic E-state index is -1.09. The highest BCUT2D eigenvalue weighted by Gasteiger charge is 2.21. The molecule has 136 valence electrons. The van der Waals surface area contributed by atoms with Crippen molar-refractivity contribution < 1.29 is 24.0 Å². The van der Waals surface area contributed by atoms with Gasteiger partial charge in [0.1, 0.15) is 17.2 Å². The number of carbonyl (C=O) groups is 2. The predicted octanol–water partition coefficient (Wildman–Crippen LogP) is 2.84. The third-order valence-electron chi connectivity index (χ3n) is 3.28. The van der Waals surface area contributed by atoms with Crippen molar-refractivity contribution in [2.45, 2.75) is 0 Å². The number of nitrogens with zero attached hydrogens (tertiary/aromatic N) is 1. The number of nitro groups is 1. The third-order valence-corrected chi connectivity index (χ3v) is 3.57. The summed E-state index contributed by atoms with van der Waals surface area (Å²) >= 11 is 5.97. The quantitative estimate of drug-likeness (QED) is 0.468. The van der Waals surface area contributed by atoms with Gasteiger partial charge < -0.3 is 20.1 Å². The minimum absolute atomic E-state index is 0.0988. The van der Waals surface area contributed by atoms with Crippen LogP contribution in [0.3, 0.4) is 0 Å². The van der Waals surface area contributed by atoms with E-state index in [0.717, 1.165) is 0 Å². The topological polar surface area (TPSA) is 120 Å². The molecule has 0 aliphatic carbocycles. The fraction of sp³-hybridized carbons (Fsp3) is 0.125. The van der Waals surface area contributed by atoms with Gasteiger partial charge in [-0.25, -0.2) is 0 Å². The molecule has 10 heteroatoms. The molecule has 2 rings (SSSR count). The molecule has 2 aromatic carbocycles. The first-order valence-corrected chi connectivity index (χ1v) is 7.52. The molecule has 26 heavy (non-hydrogen) atoms. The number of ether oxygens (including phenoxy) is 2. The minimum Gasteiger partial charge on any atom is -0.495 e. The van der Waals surface area contributed by atoms with E-state index in [4.69, 9.17) is 21.1 Å². The van der Waals surface area contributed by atoms with Crippen LogP contribution in [0.4, 0.5) is 17.1 Å². The van der Waals surface area contributed by atoms with Gasteiger partial charge in [0.15, 0.2) is 0 Å². The second-order valence-electron chi connectivity index (χ2n) is 4.87. The number of nitro benzene ring substituents is 1. The van der Waals surface area contributed by atoms with Crippen LogP contribution in [-0.4, -0.2) is 31.0 Å². The van der Waals surface area contributed by atoms with Crippen LogP contribution in [0, 0.1) is 10.1 Å². The Labute approximate surface area is 153 Å². The first-order valence-electron chi connectivity index (χ1n) is 7.14. The highest BCUT2D eigenvalue weighted by atomic mass is 35.5. The van der Waals surface area contributed by atoms with Gasteiger partial charge in [0.2, 0.25) is 0 Å². The van der Waals surface area contributed by atoms with Crippen LogP contribution in [-0.2, 0) is 9.59 Å². The molecule has 2 amide bonds. The second-order valence-corrected chi connectivity index (χ2v) is 5.28. The Morgan fingerprint density at radius 2 is 1.58 bits per heavy atom. The van der Waals surface area contributed by atoms with E-state index in [1.165, 1.54) is 50.6 Å². The summed E-state index contributed by atoms with van der Waals surface area (Å²) in [4.78, 5) is 34.5. The molecule has 0 saturated heterocycles. The number of hydrogen-bond acceptors (Lipinski definition) is 6. The molecule has 0 unspecified atom stereocenters. The molecule has 0 aromatic heterocycles. The Kier molecular flexibility index (Phi) is 5.97. The molecule has 0 aliphatic rings. The number of halogens is 1. The number of rotatable bonds is 5. The molecule has 0 fully saturated rings. The van der Waals surface area contributed by atoms with Crippen LogP contribution in [0.1, 0.15) is 0 Å². The van der Waals surface area contributed by atoms with E-state index in [2.05, 4.69) is 10.6 Å². The number of methoxy groups -OCH3 is 2. The van der Waals surface area contributed by atoms with E-state index in [1.54, 1.807) is 0 Å². The Bertz CT molecular complexity index is 871. The van der Waals surface area contributed by atoms with Gasteiger partial charge in [-0.05, 0) is 6.07 Å². The summed E-state index contributed by atoms with van der Waals surface area (Å²) in [5.74, 6) is -1.66. The first kappa shape index (κ1) is 19.0. The van der Waals surface area contributed by atoms with Gasteiger partial charge in [-0.2, -0.15) is 0 Å². The van der Waals surface area contributed by atoms with Crippen molar-refractivity contribution in [3.63, 3.8) is 0 Å². The number of amides is 2. The van der Waals surface area contributed by atoms with Crippen molar-refractivity contribution >= 4 is 40.5 Å². The van der Waals surface area contributed by atoms with Crippen molar-refractivity contribution in [2.75, 3.05) is 24.9 Å². The second kappa shape index (κ2) is 8.17. The zero-order valence-corrected chi connectivity index (χ0v) is 14.5. The first-order chi connectivity index (χ1) is 12.4. The number of hydrogen-bond donors (Lipinski definition) is 2. The molecule has 2 aromatic rings. The van der Waals surface area contributed by atoms with Crippen LogP contribution in [0.2, 0.25) is 5.02 Å². The Morgan fingerprint density at radius 3 is 2.15 bits per heavy atom. The molecule has 0 spiro atoms. The maximum Gasteiger partial charge on any atom is 0.314 e. The van der Waals surface area contributed by atoms with E-state index in [-0.39, 0.29) is 33.6 Å². The lowest BCUT2D eigenvalue weighted by atomic mass is 10.2. The molecule has 0 radical (unpaired) electrons. The van der Waals surface area contributed by atoms with E-state index in [9.17, 15) is 19.7 Å². The van der Waals surface area contributed by atoms with Crippen molar-refractivity contribution in [2.24, 2.45) is 0 Å². The van der Waals surface area contributed by atoms with Gasteiger partial charge in [0, 0.05) is 18.2 Å². The number of para-hydroxylation sites is 2. The zero-order chi connectivity index (χ0) is 19.3. The van der Waals surface area contributed by atoms with Gasteiger partial charge in [0.05, 0.1) is 29.9 Å². The lowest BCUT2D eigenvalue weighted by Crippen LogP contribution is -2.29. The smallest absolute Gasteiger partial charge is 0.314 e. The standard InChI is InChI=1S/C16H14ClN3O6/c1-25-13-8-11(14(26-2)7-9(13)17)19-16(22)15(21)18-10-5-3-4-6-12(10)20(23)24/h3-8H,1-2H3,(H,18,21)(H,19,22). The summed E-state index contributed by atoms with van der Waals surface area (Å²) in [6.07, 6.45) is 0. The van der Waals surface area contributed by atoms with Crippen LogP contribution in [0.5, 0.6) is 11.5 Å². The summed E-state index contributed by atoms with van der Waals surface area (Å²) in [6, 6.07) is 8.26. The predicted molar refractivity (Wildman–Crippen MR) is 94.9 cm³/mol. The van der Waals surface area contributed by atoms with Crippen molar-refractivity contribution in [3.8, 4) is 11.5 Å². The average molecular weight is 380 g/mol. The fourth-order valence-corrected chi connectivity index (χ4v) is 2.29. The molecular formula is C16H14ClN3O6. The van der Waals surface area contributed by atoms with Crippen LogP contribution >= 0.6 is 11.6 Å². The summed E-state index contributed by atoms with van der Waals surface area (Å²) in [5.41, 5.74) is -0.283. The molecule has 9 nitrogen and oxygen atoms in total. The van der Waals surface area contributed by atoms with Gasteiger partial charge >= 0.3 is 11.8 Å². The van der Waals surface area contributed by atoms with Crippen molar-refractivity contribution in [3.05, 3.63) is 51.5 Å². The summed E-state index contributed by atoms with van der Waals surface area (Å²) in [6.45, 7) is 0. The van der Waals surface area contributed by atoms with Crippen LogP contribution in [0.25, 0.3) is 0 Å². The lowest BCUT2D eigenvalue weighted by Gasteiger charge is -2.13. The van der Waals surface area contributed by atoms with Gasteiger partial charge in [-0.15, -0.1) is 0 Å². The SMILES string of the molecule is COc1cc(NC(=O)C(=O)Nc2ccccc2[N+](=O)[O-])c(OC)cc1Cl. The van der Waals surface area contributed by atoms with Crippen molar-refractivity contribution in [1.29, 1.82) is 0 Å². The molecule has 0 heterocycles. The monoisotopic (exact) mass is 379 g/mol. The fourth-order valence-electron chi connectivity index (χ4n) is 2.05. The largest absolute Gasteiger partial charge is 0.495 e. The molecule has 0 atom stereocenters. The summed E-state index contributed by atoms with van der Waals surface area (Å²) in [7, 11) is 2.75. The van der Waals surface area contributed by atoms with Crippen molar-refractivity contribution in [1.82, 2.24) is 0 Å². The van der Waals surface area contributed by atoms with Crippen LogP contribution < -0.4 is 20.1 Å². The molecule has 0 saturated carbocycles. The van der Waals surface area contributed by atoms with E-state index >= 15 is 0 Å². The number of benzene rings is 2.